The van der Waals surface area contributed by atoms with E-state index in [4.69, 9.17) is 22.3 Å². The summed E-state index contributed by atoms with van der Waals surface area (Å²) in [6, 6.07) is 2.95. The van der Waals surface area contributed by atoms with E-state index in [1.807, 2.05) is 0 Å². The van der Waals surface area contributed by atoms with Crippen molar-refractivity contribution in [2.45, 2.75) is 24.7 Å². The van der Waals surface area contributed by atoms with E-state index in [0.717, 1.165) is 18.5 Å². The third kappa shape index (κ3) is 4.73. The van der Waals surface area contributed by atoms with Crippen LogP contribution in [0.25, 0.3) is 0 Å². The number of benzene rings is 1. The first-order valence-electron chi connectivity index (χ1n) is 10.3. The Kier molecular flexibility index (Phi) is 7.06. The molecule has 1 aromatic carbocycles. The average molecular weight is 513 g/mol. The molecule has 0 bridgehead atoms. The third-order valence-electron chi connectivity index (χ3n) is 5.53. The first-order valence-corrected chi connectivity index (χ1v) is 11.5. The monoisotopic (exact) mass is 512 g/mol. The minimum absolute atomic E-state index is 0.0290. The number of nitrogens with one attached hydrogen (secondary N) is 1. The Morgan fingerprint density at radius 3 is 2.88 bits per heavy atom. The second-order valence-electron chi connectivity index (χ2n) is 7.84. The van der Waals surface area contributed by atoms with Crippen LogP contribution in [-0.2, 0) is 0 Å². The highest BCUT2D eigenvalue weighted by Gasteiger charge is 2.47. The maximum absolute atomic E-state index is 15.9. The number of rotatable bonds is 7. The second kappa shape index (κ2) is 9.85. The smallest absolute Gasteiger partial charge is 0.331 e. The second-order valence-corrected chi connectivity index (χ2v) is 9.14. The molecule has 6 nitrogen and oxygen atoms in total. The molecule has 3 N–H and O–H groups in total. The van der Waals surface area contributed by atoms with Crippen molar-refractivity contribution >= 4 is 35.0 Å². The molecule has 0 radical (unpaired) electrons. The summed E-state index contributed by atoms with van der Waals surface area (Å²) in [6.07, 6.45) is 3.63. The third-order valence-corrected chi connectivity index (χ3v) is 6.63. The number of halogens is 5. The number of aromatic nitrogens is 1. The zero-order chi connectivity index (χ0) is 24.5. The molecule has 12 heteroatoms. The van der Waals surface area contributed by atoms with Crippen LogP contribution in [-0.4, -0.2) is 54.3 Å². The molecule has 2 atom stereocenters. The molecule has 1 saturated heterocycles. The predicted molar refractivity (Wildman–Crippen MR) is 126 cm³/mol. The van der Waals surface area contributed by atoms with Crippen molar-refractivity contribution in [3.63, 3.8) is 0 Å². The number of fused-ring (bicyclic) bond motifs is 1. The Hall–Kier alpha value is -2.76. The summed E-state index contributed by atoms with van der Waals surface area (Å²) in [6.45, 7) is -2.94. The van der Waals surface area contributed by atoms with Crippen LogP contribution in [0, 0.1) is 5.82 Å². The Balaban J connectivity index is 1.96. The Morgan fingerprint density at radius 1 is 1.47 bits per heavy atom. The lowest BCUT2D eigenvalue weighted by molar-refractivity contribution is 0.160. The van der Waals surface area contributed by atoms with Gasteiger partial charge in [0.05, 0.1) is 6.54 Å². The van der Waals surface area contributed by atoms with Gasteiger partial charge in [-0.15, -0.1) is 11.3 Å². The molecule has 4 rings (SSSR count). The fourth-order valence-corrected chi connectivity index (χ4v) is 5.15. The summed E-state index contributed by atoms with van der Waals surface area (Å²) in [5.41, 5.74) is 5.57. The molecule has 3 heterocycles. The average Bonchev–Trinajstić information content (AvgIpc) is 3.42. The SMILES string of the molecule is CNCC1(F)CC2=C(C(C=NC(F)F)=CN)[C@H](c3ccc(F)cc3Cl)N=C(c3nccs3)N2C1. The first kappa shape index (κ1) is 24.4. The minimum atomic E-state index is -2.96. The molecule has 0 saturated carbocycles. The Morgan fingerprint density at radius 2 is 2.26 bits per heavy atom. The molecule has 0 spiro atoms. The maximum atomic E-state index is 15.9. The van der Waals surface area contributed by atoms with Gasteiger partial charge in [0.15, 0.2) is 10.8 Å². The van der Waals surface area contributed by atoms with E-state index in [9.17, 15) is 13.2 Å². The fourth-order valence-electron chi connectivity index (χ4n) is 4.24. The number of allylic oxidation sites excluding steroid dienone is 1. The normalized spacial score (nSPS) is 23.3. The van der Waals surface area contributed by atoms with E-state index in [-0.39, 0.29) is 30.1 Å². The van der Waals surface area contributed by atoms with E-state index >= 15 is 4.39 Å². The van der Waals surface area contributed by atoms with Crippen molar-refractivity contribution in [1.29, 1.82) is 0 Å². The molecular weight excluding hydrogens is 492 g/mol. The van der Waals surface area contributed by atoms with E-state index in [0.29, 0.717) is 27.7 Å². The first-order chi connectivity index (χ1) is 16.3. The molecule has 0 amide bonds. The van der Waals surface area contributed by atoms with Crippen LogP contribution < -0.4 is 11.1 Å². The summed E-state index contributed by atoms with van der Waals surface area (Å²) in [5, 5.41) is 5.26. The fraction of sp³-hybridized carbons (Fsp3) is 0.318. The van der Waals surface area contributed by atoms with Gasteiger partial charge in [-0.25, -0.2) is 18.8 Å². The van der Waals surface area contributed by atoms with Crippen molar-refractivity contribution in [1.82, 2.24) is 15.2 Å². The quantitative estimate of drug-likeness (QED) is 0.326. The highest BCUT2D eigenvalue weighted by atomic mass is 35.5. The standard InChI is InChI=1S/C22H21ClF4N6S/c1-29-10-22(27)7-16-17(12(8-28)9-31-21(25)26)18(14-3-2-13(24)6-15(14)23)32-19(33(16)11-22)20-30-4-5-34-20/h2-6,8-9,18,21,29H,7,10-11,28H2,1H3/t18-,22?/m0/s1. The number of nitrogens with two attached hydrogens (primary N) is 1. The number of amidine groups is 1. The van der Waals surface area contributed by atoms with Crippen molar-refractivity contribution in [2.75, 3.05) is 20.1 Å². The van der Waals surface area contributed by atoms with Crippen LogP contribution in [0.15, 0.2) is 62.8 Å². The molecule has 2 aliphatic rings. The summed E-state index contributed by atoms with van der Waals surface area (Å²) in [7, 11) is 1.64. The number of thiazole rings is 1. The van der Waals surface area contributed by atoms with Gasteiger partial charge in [-0.1, -0.05) is 17.7 Å². The van der Waals surface area contributed by atoms with Gasteiger partial charge in [-0.2, -0.15) is 8.78 Å². The number of alkyl halides is 3. The highest BCUT2D eigenvalue weighted by molar-refractivity contribution is 7.11. The van der Waals surface area contributed by atoms with E-state index in [1.165, 1.54) is 23.5 Å². The van der Waals surface area contributed by atoms with Crippen LogP contribution in [0.5, 0.6) is 0 Å². The summed E-state index contributed by atoms with van der Waals surface area (Å²) in [5.74, 6) is -0.132. The summed E-state index contributed by atoms with van der Waals surface area (Å²) < 4.78 is 55.5. The molecule has 2 aromatic rings. The topological polar surface area (TPSA) is 78.9 Å². The number of hydrogen-bond acceptors (Lipinski definition) is 7. The van der Waals surface area contributed by atoms with Gasteiger partial charge in [0.25, 0.3) is 0 Å². The lowest BCUT2D eigenvalue weighted by atomic mass is 9.89. The van der Waals surface area contributed by atoms with E-state index in [1.54, 1.807) is 23.5 Å². The van der Waals surface area contributed by atoms with Gasteiger partial charge < -0.3 is 16.0 Å². The van der Waals surface area contributed by atoms with Gasteiger partial charge in [0.1, 0.15) is 17.5 Å². The zero-order valence-electron chi connectivity index (χ0n) is 18.0. The summed E-state index contributed by atoms with van der Waals surface area (Å²) in [4.78, 5) is 14.0. The van der Waals surface area contributed by atoms with Crippen LogP contribution in [0.4, 0.5) is 17.6 Å². The molecule has 0 aliphatic carbocycles. The minimum Gasteiger partial charge on any atom is -0.404 e. The molecule has 1 fully saturated rings. The molecule has 1 unspecified atom stereocenters. The zero-order valence-corrected chi connectivity index (χ0v) is 19.6. The molecule has 180 valence electrons. The van der Waals surface area contributed by atoms with Crippen molar-refractivity contribution in [3.8, 4) is 0 Å². The molecular formula is C22H21ClF4N6S. The number of aliphatic imine (C=N–C) groups is 2. The van der Waals surface area contributed by atoms with Crippen molar-refractivity contribution in [3.05, 3.63) is 74.2 Å². The van der Waals surface area contributed by atoms with Gasteiger partial charge in [-0.05, 0) is 24.7 Å². The Labute approximate surface area is 202 Å². The highest BCUT2D eigenvalue weighted by Crippen LogP contribution is 2.47. The van der Waals surface area contributed by atoms with Gasteiger partial charge in [0, 0.05) is 58.8 Å². The molecule has 34 heavy (non-hydrogen) atoms. The van der Waals surface area contributed by atoms with Crippen LogP contribution in [0.2, 0.25) is 5.02 Å². The van der Waals surface area contributed by atoms with E-state index < -0.39 is 24.1 Å². The predicted octanol–water partition coefficient (Wildman–Crippen LogP) is 4.46. The van der Waals surface area contributed by atoms with Gasteiger partial charge >= 0.3 is 6.55 Å². The summed E-state index contributed by atoms with van der Waals surface area (Å²) >= 11 is 7.70. The van der Waals surface area contributed by atoms with E-state index in [2.05, 4.69) is 15.3 Å². The lowest BCUT2D eigenvalue weighted by Crippen LogP contribution is -2.40. The van der Waals surface area contributed by atoms with Crippen molar-refractivity contribution < 1.29 is 17.6 Å². The maximum Gasteiger partial charge on any atom is 0.331 e. The van der Waals surface area contributed by atoms with Gasteiger partial charge in [-0.3, -0.25) is 4.99 Å². The van der Waals surface area contributed by atoms with Crippen LogP contribution in [0.3, 0.4) is 0 Å². The lowest BCUT2D eigenvalue weighted by Gasteiger charge is -2.33. The van der Waals surface area contributed by atoms with Gasteiger partial charge in [0.2, 0.25) is 0 Å². The largest absolute Gasteiger partial charge is 0.404 e. The van der Waals surface area contributed by atoms with Crippen LogP contribution >= 0.6 is 22.9 Å². The molecule has 1 aromatic heterocycles. The van der Waals surface area contributed by atoms with Crippen molar-refractivity contribution in [2.24, 2.45) is 15.7 Å². The Bertz CT molecular complexity index is 1180. The molecule has 2 aliphatic heterocycles. The number of nitrogens with zero attached hydrogens (tertiary/aromatic N) is 4. The van der Waals surface area contributed by atoms with Crippen LogP contribution in [0.1, 0.15) is 23.0 Å². The number of hydrogen-bond donors (Lipinski definition) is 2.